The van der Waals surface area contributed by atoms with Gasteiger partial charge in [-0.3, -0.25) is 0 Å². The molecule has 0 atom stereocenters. The molecule has 0 radical (unpaired) electrons. The zero-order chi connectivity index (χ0) is 27.6. The number of rotatable bonds is 8. The predicted molar refractivity (Wildman–Crippen MR) is 131 cm³/mol. The number of hydrogen-bond donors (Lipinski definition) is 0. The van der Waals surface area contributed by atoms with Crippen molar-refractivity contribution in [1.29, 1.82) is 0 Å². The van der Waals surface area contributed by atoms with Gasteiger partial charge in [0.05, 0.1) is 0 Å². The Morgan fingerprint density at radius 1 is 0.658 bits per heavy atom. The number of benzene rings is 4. The van der Waals surface area contributed by atoms with Crippen molar-refractivity contribution in [3.05, 3.63) is 113 Å². The molecule has 4 aromatic rings. The number of hydrogen-bond acceptors (Lipinski definition) is 1. The maximum atomic E-state index is 15.0. The number of alkyl halides is 2. The van der Waals surface area contributed by atoms with Crippen LogP contribution in [0.15, 0.2) is 66.7 Å². The fraction of sp³-hybridized carbons (Fsp3) is 0.200. The minimum atomic E-state index is -4.62. The summed E-state index contributed by atoms with van der Waals surface area (Å²) in [6.45, 7) is 3.18. The van der Waals surface area contributed by atoms with E-state index in [0.29, 0.717) is 29.8 Å². The van der Waals surface area contributed by atoms with Gasteiger partial charge < -0.3 is 4.74 Å². The first-order chi connectivity index (χ1) is 18.0. The van der Waals surface area contributed by atoms with Crippen molar-refractivity contribution in [2.75, 3.05) is 0 Å². The van der Waals surface area contributed by atoms with Gasteiger partial charge in [-0.1, -0.05) is 49.7 Å². The van der Waals surface area contributed by atoms with Gasteiger partial charge in [-0.2, -0.15) is 8.78 Å². The van der Waals surface area contributed by atoms with Crippen LogP contribution < -0.4 is 4.74 Å². The summed E-state index contributed by atoms with van der Waals surface area (Å²) in [6, 6.07) is 13.7. The third-order valence-corrected chi connectivity index (χ3v) is 6.22. The Labute approximate surface area is 215 Å². The van der Waals surface area contributed by atoms with Crippen molar-refractivity contribution >= 4 is 0 Å². The lowest BCUT2D eigenvalue weighted by atomic mass is 9.97. The predicted octanol–water partition coefficient (Wildman–Crippen LogP) is 9.50. The lowest BCUT2D eigenvalue weighted by molar-refractivity contribution is -0.189. The van der Waals surface area contributed by atoms with Gasteiger partial charge >= 0.3 is 6.11 Å². The minimum absolute atomic E-state index is 0.204. The first kappa shape index (κ1) is 27.2. The Hall–Kier alpha value is -3.81. The highest BCUT2D eigenvalue weighted by atomic mass is 19.3. The maximum Gasteiger partial charge on any atom is 0.432 e. The first-order valence-electron chi connectivity index (χ1n) is 11.9. The quantitative estimate of drug-likeness (QED) is 0.205. The normalized spacial score (nSPS) is 11.6. The molecular weight excluding hydrogens is 509 g/mol. The molecule has 0 aliphatic carbocycles. The lowest BCUT2D eigenvalue weighted by Gasteiger charge is -2.20. The van der Waals surface area contributed by atoms with Crippen LogP contribution in [0.2, 0.25) is 0 Å². The number of halogens is 7. The topological polar surface area (TPSA) is 9.23 Å². The van der Waals surface area contributed by atoms with Crippen molar-refractivity contribution in [2.24, 2.45) is 0 Å². The highest BCUT2D eigenvalue weighted by Gasteiger charge is 2.41. The van der Waals surface area contributed by atoms with E-state index < -0.39 is 52.1 Å². The van der Waals surface area contributed by atoms with Crippen molar-refractivity contribution in [1.82, 2.24) is 0 Å². The van der Waals surface area contributed by atoms with E-state index in [1.807, 2.05) is 24.3 Å². The van der Waals surface area contributed by atoms with E-state index in [0.717, 1.165) is 37.3 Å². The van der Waals surface area contributed by atoms with Crippen LogP contribution in [0.1, 0.15) is 36.5 Å². The Bertz CT molecular complexity index is 1420. The lowest BCUT2D eigenvalue weighted by Crippen LogP contribution is -2.25. The molecule has 0 saturated carbocycles. The maximum absolute atomic E-state index is 15.0. The van der Waals surface area contributed by atoms with Crippen LogP contribution >= 0.6 is 0 Å². The van der Waals surface area contributed by atoms with Crippen LogP contribution in [0, 0.1) is 36.0 Å². The second-order valence-corrected chi connectivity index (χ2v) is 8.94. The van der Waals surface area contributed by atoms with Crippen molar-refractivity contribution in [3.63, 3.8) is 0 Å². The molecule has 0 spiro atoms. The summed E-state index contributed by atoms with van der Waals surface area (Å²) in [7, 11) is 0. The van der Waals surface area contributed by atoms with Gasteiger partial charge in [0.2, 0.25) is 0 Å². The summed E-state index contributed by atoms with van der Waals surface area (Å²) in [5, 5.41) is 0. The van der Waals surface area contributed by atoms with Crippen molar-refractivity contribution < 1.29 is 35.5 Å². The van der Waals surface area contributed by atoms with Gasteiger partial charge in [0.15, 0.2) is 0 Å². The summed E-state index contributed by atoms with van der Waals surface area (Å²) in [5.41, 5.74) is -0.303. The van der Waals surface area contributed by atoms with E-state index in [4.69, 9.17) is 0 Å². The summed E-state index contributed by atoms with van der Waals surface area (Å²) in [4.78, 5) is 0. The van der Waals surface area contributed by atoms with Crippen LogP contribution in [0.3, 0.4) is 0 Å². The second kappa shape index (κ2) is 10.9. The molecule has 198 valence electrons. The summed E-state index contributed by atoms with van der Waals surface area (Å²) < 4.78 is 105. The molecule has 0 saturated heterocycles. The van der Waals surface area contributed by atoms with E-state index in [1.54, 1.807) is 6.07 Å². The molecule has 0 aliphatic rings. The largest absolute Gasteiger partial charge is 0.432 e. The fourth-order valence-corrected chi connectivity index (χ4v) is 4.06. The second-order valence-electron chi connectivity index (χ2n) is 8.94. The molecule has 38 heavy (non-hydrogen) atoms. The smallest absolute Gasteiger partial charge is 0.429 e. The molecule has 0 fully saturated rings. The molecule has 0 amide bonds. The van der Waals surface area contributed by atoms with E-state index in [9.17, 15) is 30.7 Å². The average molecular weight is 532 g/mol. The molecule has 0 unspecified atom stereocenters. The van der Waals surface area contributed by atoms with Crippen LogP contribution in [-0.4, -0.2) is 0 Å². The Kier molecular flexibility index (Phi) is 7.81. The van der Waals surface area contributed by atoms with Crippen LogP contribution in [0.5, 0.6) is 5.75 Å². The van der Waals surface area contributed by atoms with Crippen LogP contribution in [-0.2, 0) is 12.5 Å². The molecule has 0 aliphatic heterocycles. The molecule has 0 heterocycles. The third kappa shape index (κ3) is 5.69. The number of unbranched alkanes of at least 4 members (excludes halogenated alkanes) is 1. The SMILES string of the molecule is CCCCc1ccc(-c2ccc(-c3cc(F)c(C(F)(F)Oc4cc(F)c(C)c(F)c4)c(F)c3)c(F)c2)cc1. The van der Waals surface area contributed by atoms with Gasteiger partial charge in [-0.05, 0) is 60.2 Å². The van der Waals surface area contributed by atoms with Gasteiger partial charge in [-0.15, -0.1) is 0 Å². The molecule has 0 aromatic heterocycles. The van der Waals surface area contributed by atoms with Gasteiger partial charge in [0, 0.05) is 23.3 Å². The monoisotopic (exact) mass is 532 g/mol. The summed E-state index contributed by atoms with van der Waals surface area (Å²) in [5.74, 6) is -7.54. The molecule has 4 rings (SSSR count). The number of aryl methyl sites for hydroxylation is 1. The molecule has 4 aromatic carbocycles. The van der Waals surface area contributed by atoms with Gasteiger partial charge in [0.1, 0.15) is 40.4 Å². The van der Waals surface area contributed by atoms with E-state index in [1.165, 1.54) is 12.1 Å². The van der Waals surface area contributed by atoms with Crippen molar-refractivity contribution in [3.8, 4) is 28.0 Å². The summed E-state index contributed by atoms with van der Waals surface area (Å²) in [6.07, 6.45) is -1.57. The Morgan fingerprint density at radius 2 is 1.21 bits per heavy atom. The zero-order valence-electron chi connectivity index (χ0n) is 20.5. The molecule has 1 nitrogen and oxygen atoms in total. The molecular formula is C30H23F7O. The highest BCUT2D eigenvalue weighted by Crippen LogP contribution is 2.38. The number of ether oxygens (including phenoxy) is 1. The van der Waals surface area contributed by atoms with Crippen LogP contribution in [0.25, 0.3) is 22.3 Å². The summed E-state index contributed by atoms with van der Waals surface area (Å²) >= 11 is 0. The third-order valence-electron chi connectivity index (χ3n) is 6.22. The van der Waals surface area contributed by atoms with E-state index in [-0.39, 0.29) is 11.1 Å². The van der Waals surface area contributed by atoms with E-state index in [2.05, 4.69) is 11.7 Å². The minimum Gasteiger partial charge on any atom is -0.429 e. The molecule has 8 heteroatoms. The van der Waals surface area contributed by atoms with Gasteiger partial charge in [0.25, 0.3) is 0 Å². The highest BCUT2D eigenvalue weighted by molar-refractivity contribution is 5.71. The molecule has 0 bridgehead atoms. The van der Waals surface area contributed by atoms with E-state index >= 15 is 0 Å². The fourth-order valence-electron chi connectivity index (χ4n) is 4.06. The van der Waals surface area contributed by atoms with Gasteiger partial charge in [-0.25, -0.2) is 22.0 Å². The Balaban J connectivity index is 1.61. The van der Waals surface area contributed by atoms with Crippen molar-refractivity contribution in [2.45, 2.75) is 39.2 Å². The average Bonchev–Trinajstić information content (AvgIpc) is 2.85. The standard InChI is InChI=1S/C30H23F7O/c1-3-4-5-18-6-8-19(9-7-18)20-10-11-23(26(33)12-20)21-13-27(34)29(28(35)14-21)30(36,37)38-22-15-24(31)17(2)25(32)16-22/h6-16H,3-5H2,1-2H3. The first-order valence-corrected chi connectivity index (χ1v) is 11.9. The molecule has 0 N–H and O–H groups in total. The van der Waals surface area contributed by atoms with Crippen LogP contribution in [0.4, 0.5) is 30.7 Å². The Morgan fingerprint density at radius 3 is 1.76 bits per heavy atom. The zero-order valence-corrected chi connectivity index (χ0v) is 20.5.